The summed E-state index contributed by atoms with van der Waals surface area (Å²) in [6.45, 7) is 0. The molecule has 0 atom stereocenters. The van der Waals surface area contributed by atoms with Crippen molar-refractivity contribution in [1.82, 2.24) is 9.97 Å². The minimum atomic E-state index is -1.41. The first-order chi connectivity index (χ1) is 6.43. The van der Waals surface area contributed by atoms with E-state index in [1.54, 1.807) is 0 Å². The molecule has 0 saturated heterocycles. The van der Waals surface area contributed by atoms with Gasteiger partial charge in [-0.3, -0.25) is 4.79 Å². The van der Waals surface area contributed by atoms with E-state index in [4.69, 9.17) is 22.3 Å². The number of carboxylic acid groups (broad SMARTS) is 1. The van der Waals surface area contributed by atoms with Gasteiger partial charge in [-0.2, -0.15) is 0 Å². The second-order valence-electron chi connectivity index (χ2n) is 2.36. The first kappa shape index (κ1) is 9.71. The summed E-state index contributed by atoms with van der Waals surface area (Å²) in [4.78, 5) is 28.1. The van der Waals surface area contributed by atoms with Gasteiger partial charge < -0.3 is 22.3 Å². The molecule has 0 fully saturated rings. The predicted octanol–water partition coefficient (Wildman–Crippen LogP) is -1.56. The molecule has 0 aliphatic heterocycles. The van der Waals surface area contributed by atoms with Crippen molar-refractivity contribution in [3.05, 3.63) is 11.4 Å². The molecular formula is C6H7N5O3. The number of carbonyl (C=O) groups excluding carboxylic acids is 1. The van der Waals surface area contributed by atoms with Gasteiger partial charge in [0.15, 0.2) is 23.0 Å². The topological polar surface area (TPSA) is 158 Å². The lowest BCUT2D eigenvalue weighted by Crippen LogP contribution is -2.20. The molecule has 0 unspecified atom stereocenters. The number of nitrogens with two attached hydrogens (primary N) is 3. The number of hydrogen-bond donors (Lipinski definition) is 4. The molecule has 7 N–H and O–H groups in total. The molecule has 8 heteroatoms. The first-order valence-corrected chi connectivity index (χ1v) is 3.39. The average molecular weight is 197 g/mol. The number of anilines is 2. The van der Waals surface area contributed by atoms with Gasteiger partial charge >= 0.3 is 5.97 Å². The van der Waals surface area contributed by atoms with Crippen LogP contribution in [0.3, 0.4) is 0 Å². The van der Waals surface area contributed by atoms with Gasteiger partial charge in [0, 0.05) is 0 Å². The van der Waals surface area contributed by atoms with Crippen molar-refractivity contribution in [2.45, 2.75) is 0 Å². The zero-order valence-electron chi connectivity index (χ0n) is 6.89. The fraction of sp³-hybridized carbons (Fsp3) is 0. The Labute approximate surface area is 77.7 Å². The van der Waals surface area contributed by atoms with E-state index in [2.05, 4.69) is 9.97 Å². The molecule has 0 aliphatic rings. The van der Waals surface area contributed by atoms with E-state index in [0.717, 1.165) is 0 Å². The number of nitrogen functional groups attached to an aromatic ring is 2. The van der Waals surface area contributed by atoms with Gasteiger partial charge in [0.1, 0.15) is 0 Å². The molecule has 0 radical (unpaired) electrons. The molecule has 1 amide bonds. The SMILES string of the molecule is NC(=O)c1nc(C(=O)O)c(N)nc1N. The fourth-order valence-corrected chi connectivity index (χ4v) is 0.801. The molecule has 1 aromatic heterocycles. The van der Waals surface area contributed by atoms with Crippen molar-refractivity contribution in [3.63, 3.8) is 0 Å². The molecular weight excluding hydrogens is 190 g/mol. The largest absolute Gasteiger partial charge is 0.476 e. The number of primary amides is 1. The summed E-state index contributed by atoms with van der Waals surface area (Å²) < 4.78 is 0. The monoisotopic (exact) mass is 197 g/mol. The van der Waals surface area contributed by atoms with Crippen LogP contribution in [0.25, 0.3) is 0 Å². The number of amides is 1. The van der Waals surface area contributed by atoms with Crippen LogP contribution in [0, 0.1) is 0 Å². The maximum absolute atomic E-state index is 10.7. The standard InChI is InChI=1S/C6H7N5O3/c7-3-1(5(9)12)10-2(6(13)14)4(8)11-3/h(H2,9,12)(H,13,14)(H4,7,8,11). The average Bonchev–Trinajstić information content (AvgIpc) is 2.02. The van der Waals surface area contributed by atoms with E-state index in [0.29, 0.717) is 0 Å². The van der Waals surface area contributed by atoms with E-state index >= 15 is 0 Å². The Hall–Kier alpha value is -2.38. The predicted molar refractivity (Wildman–Crippen MR) is 46.3 cm³/mol. The lowest BCUT2D eigenvalue weighted by Gasteiger charge is -2.03. The van der Waals surface area contributed by atoms with Crippen molar-refractivity contribution >= 4 is 23.5 Å². The molecule has 1 rings (SSSR count). The Balaban J connectivity index is 3.42. The van der Waals surface area contributed by atoms with Gasteiger partial charge in [0.25, 0.3) is 5.91 Å². The van der Waals surface area contributed by atoms with Gasteiger partial charge in [0.05, 0.1) is 0 Å². The Bertz CT molecular complexity index is 381. The fourth-order valence-electron chi connectivity index (χ4n) is 0.801. The normalized spacial score (nSPS) is 9.71. The second-order valence-corrected chi connectivity index (χ2v) is 2.36. The molecule has 0 bridgehead atoms. The summed E-state index contributed by atoms with van der Waals surface area (Å²) in [5.41, 5.74) is 14.4. The number of aromatic nitrogens is 2. The molecule has 0 aromatic carbocycles. The van der Waals surface area contributed by atoms with E-state index in [-0.39, 0.29) is 11.6 Å². The summed E-state index contributed by atoms with van der Waals surface area (Å²) in [5.74, 6) is -3.02. The minimum Gasteiger partial charge on any atom is -0.476 e. The molecule has 1 heterocycles. The molecule has 0 aliphatic carbocycles. The van der Waals surface area contributed by atoms with Crippen LogP contribution in [0.4, 0.5) is 11.6 Å². The Morgan fingerprint density at radius 2 is 1.57 bits per heavy atom. The molecule has 0 spiro atoms. The molecule has 74 valence electrons. The second kappa shape index (κ2) is 3.17. The van der Waals surface area contributed by atoms with E-state index in [1.807, 2.05) is 0 Å². The highest BCUT2D eigenvalue weighted by Crippen LogP contribution is 2.11. The van der Waals surface area contributed by atoms with Crippen LogP contribution in [-0.2, 0) is 0 Å². The van der Waals surface area contributed by atoms with Crippen LogP contribution in [0.1, 0.15) is 21.0 Å². The van der Waals surface area contributed by atoms with Gasteiger partial charge in [-0.25, -0.2) is 14.8 Å². The third kappa shape index (κ3) is 1.53. The summed E-state index contributed by atoms with van der Waals surface area (Å²) in [6.07, 6.45) is 0. The summed E-state index contributed by atoms with van der Waals surface area (Å²) in [6, 6.07) is 0. The zero-order chi connectivity index (χ0) is 10.9. The van der Waals surface area contributed by atoms with Crippen LogP contribution in [-0.4, -0.2) is 27.0 Å². The van der Waals surface area contributed by atoms with Crippen molar-refractivity contribution in [2.24, 2.45) is 5.73 Å². The maximum Gasteiger partial charge on any atom is 0.358 e. The van der Waals surface area contributed by atoms with Gasteiger partial charge in [-0.05, 0) is 0 Å². The van der Waals surface area contributed by atoms with E-state index < -0.39 is 23.3 Å². The lowest BCUT2D eigenvalue weighted by molar-refractivity contribution is 0.0691. The zero-order valence-corrected chi connectivity index (χ0v) is 6.89. The van der Waals surface area contributed by atoms with Crippen molar-refractivity contribution in [3.8, 4) is 0 Å². The van der Waals surface area contributed by atoms with Crippen molar-refractivity contribution < 1.29 is 14.7 Å². The summed E-state index contributed by atoms with van der Waals surface area (Å²) in [7, 11) is 0. The molecule has 0 saturated carbocycles. The highest BCUT2D eigenvalue weighted by Gasteiger charge is 2.17. The molecule has 14 heavy (non-hydrogen) atoms. The minimum absolute atomic E-state index is 0.292. The van der Waals surface area contributed by atoms with E-state index in [1.165, 1.54) is 0 Å². The number of carboxylic acids is 1. The Kier molecular flexibility index (Phi) is 2.19. The van der Waals surface area contributed by atoms with Gasteiger partial charge in [-0.15, -0.1) is 0 Å². The number of hydrogen-bond acceptors (Lipinski definition) is 6. The lowest BCUT2D eigenvalue weighted by atomic mass is 10.3. The van der Waals surface area contributed by atoms with Crippen molar-refractivity contribution in [1.29, 1.82) is 0 Å². The van der Waals surface area contributed by atoms with Crippen LogP contribution >= 0.6 is 0 Å². The first-order valence-electron chi connectivity index (χ1n) is 3.39. The Morgan fingerprint density at radius 1 is 1.07 bits per heavy atom. The smallest absolute Gasteiger partial charge is 0.358 e. The number of aromatic carboxylic acids is 1. The summed E-state index contributed by atoms with van der Waals surface area (Å²) >= 11 is 0. The van der Waals surface area contributed by atoms with Crippen LogP contribution < -0.4 is 17.2 Å². The van der Waals surface area contributed by atoms with E-state index in [9.17, 15) is 9.59 Å². The molecule has 8 nitrogen and oxygen atoms in total. The Morgan fingerprint density at radius 3 is 2.00 bits per heavy atom. The van der Waals surface area contributed by atoms with Gasteiger partial charge in [-0.1, -0.05) is 0 Å². The number of rotatable bonds is 2. The molecule has 1 aromatic rings. The quantitative estimate of drug-likeness (QED) is 0.446. The highest BCUT2D eigenvalue weighted by molar-refractivity contribution is 5.98. The van der Waals surface area contributed by atoms with Crippen LogP contribution in [0.2, 0.25) is 0 Å². The number of carbonyl (C=O) groups is 2. The number of nitrogens with zero attached hydrogens (tertiary/aromatic N) is 2. The van der Waals surface area contributed by atoms with Crippen molar-refractivity contribution in [2.75, 3.05) is 11.5 Å². The third-order valence-electron chi connectivity index (χ3n) is 1.39. The summed E-state index contributed by atoms with van der Waals surface area (Å²) in [5, 5.41) is 8.59. The van der Waals surface area contributed by atoms with Gasteiger partial charge in [0.2, 0.25) is 0 Å². The third-order valence-corrected chi connectivity index (χ3v) is 1.39. The van der Waals surface area contributed by atoms with Crippen LogP contribution in [0.15, 0.2) is 0 Å². The highest BCUT2D eigenvalue weighted by atomic mass is 16.4. The van der Waals surface area contributed by atoms with Crippen LogP contribution in [0.5, 0.6) is 0 Å². The maximum atomic E-state index is 10.7.